The van der Waals surface area contributed by atoms with E-state index in [1.165, 1.54) is 3.57 Å². The Balaban J connectivity index is 2.29. The largest absolute Gasteiger partial charge is 0.475 e. The molecule has 0 radical (unpaired) electrons. The van der Waals surface area contributed by atoms with Crippen molar-refractivity contribution in [1.29, 1.82) is 0 Å². The van der Waals surface area contributed by atoms with Gasteiger partial charge in [0.15, 0.2) is 0 Å². The van der Waals surface area contributed by atoms with Gasteiger partial charge >= 0.3 is 0 Å². The van der Waals surface area contributed by atoms with Crippen LogP contribution in [0.3, 0.4) is 0 Å². The van der Waals surface area contributed by atoms with Gasteiger partial charge in [-0.2, -0.15) is 0 Å². The molecule has 14 heavy (non-hydrogen) atoms. The lowest BCUT2D eigenvalue weighted by atomic mass is 10.1. The number of ether oxygens (including phenoxy) is 1. The fourth-order valence-corrected chi connectivity index (χ4v) is 1.68. The lowest BCUT2D eigenvalue weighted by Crippen LogP contribution is -2.17. The number of rotatable bonds is 1. The van der Waals surface area contributed by atoms with Crippen molar-refractivity contribution in [1.82, 2.24) is 0 Å². The van der Waals surface area contributed by atoms with E-state index in [2.05, 4.69) is 53.6 Å². The van der Waals surface area contributed by atoms with E-state index in [0.717, 1.165) is 11.5 Å². The molecule has 3 heteroatoms. The molecule has 0 atom stereocenters. The first-order valence-electron chi connectivity index (χ1n) is 4.55. The normalized spacial score (nSPS) is 18.9. The predicted octanol–water partition coefficient (Wildman–Crippen LogP) is 2.85. The molecular formula is C11H12INO. The molecule has 0 aliphatic carbocycles. The van der Waals surface area contributed by atoms with Crippen LogP contribution in [0.15, 0.2) is 29.3 Å². The summed E-state index contributed by atoms with van der Waals surface area (Å²) in [7, 11) is 0. The van der Waals surface area contributed by atoms with Crippen LogP contribution in [0.1, 0.15) is 19.4 Å². The molecule has 1 aromatic carbocycles. The van der Waals surface area contributed by atoms with Crippen LogP contribution < -0.4 is 0 Å². The van der Waals surface area contributed by atoms with Crippen molar-refractivity contribution in [2.24, 2.45) is 4.99 Å². The molecule has 0 amide bonds. The highest BCUT2D eigenvalue weighted by molar-refractivity contribution is 14.1. The monoisotopic (exact) mass is 301 g/mol. The summed E-state index contributed by atoms with van der Waals surface area (Å²) < 4.78 is 6.77. The Morgan fingerprint density at radius 3 is 2.43 bits per heavy atom. The third kappa shape index (κ3) is 2.08. The summed E-state index contributed by atoms with van der Waals surface area (Å²) in [6.07, 6.45) is 0. The molecule has 0 aromatic heterocycles. The minimum atomic E-state index is -0.0711. The summed E-state index contributed by atoms with van der Waals surface area (Å²) in [5, 5.41) is 0. The van der Waals surface area contributed by atoms with Gasteiger partial charge in [0.1, 0.15) is 6.61 Å². The fraction of sp³-hybridized carbons (Fsp3) is 0.364. The molecule has 1 aliphatic rings. The Kier molecular flexibility index (Phi) is 2.51. The van der Waals surface area contributed by atoms with Gasteiger partial charge in [-0.1, -0.05) is 0 Å². The van der Waals surface area contributed by atoms with E-state index in [0.29, 0.717) is 6.61 Å². The summed E-state index contributed by atoms with van der Waals surface area (Å²) in [6, 6.07) is 8.21. The maximum atomic E-state index is 5.54. The average molecular weight is 301 g/mol. The zero-order valence-corrected chi connectivity index (χ0v) is 10.4. The molecule has 2 nitrogen and oxygen atoms in total. The van der Waals surface area contributed by atoms with Gasteiger partial charge in [0.05, 0.1) is 5.54 Å². The molecule has 0 bridgehead atoms. The zero-order chi connectivity index (χ0) is 10.2. The van der Waals surface area contributed by atoms with Gasteiger partial charge in [-0.05, 0) is 60.7 Å². The zero-order valence-electron chi connectivity index (χ0n) is 8.25. The highest BCUT2D eigenvalue weighted by atomic mass is 127. The first-order valence-corrected chi connectivity index (χ1v) is 5.63. The van der Waals surface area contributed by atoms with Crippen LogP contribution in [-0.2, 0) is 4.74 Å². The molecule has 2 rings (SSSR count). The molecule has 1 heterocycles. The Labute approximate surface area is 97.5 Å². The molecule has 0 saturated carbocycles. The van der Waals surface area contributed by atoms with Gasteiger partial charge in [-0.25, -0.2) is 4.99 Å². The number of hydrogen-bond donors (Lipinski definition) is 0. The average Bonchev–Trinajstić information content (AvgIpc) is 2.47. The van der Waals surface area contributed by atoms with Crippen LogP contribution in [0.2, 0.25) is 0 Å². The van der Waals surface area contributed by atoms with E-state index >= 15 is 0 Å². The fourth-order valence-electron chi connectivity index (χ4n) is 1.32. The van der Waals surface area contributed by atoms with Crippen LogP contribution in [0.25, 0.3) is 0 Å². The lowest BCUT2D eigenvalue weighted by Gasteiger charge is -2.07. The molecule has 0 fully saturated rings. The van der Waals surface area contributed by atoms with Gasteiger partial charge in [0, 0.05) is 9.13 Å². The second-order valence-electron chi connectivity index (χ2n) is 4.02. The first-order chi connectivity index (χ1) is 6.57. The van der Waals surface area contributed by atoms with Crippen molar-refractivity contribution in [3.63, 3.8) is 0 Å². The standard InChI is InChI=1S/C11H12INO/c1-11(2)7-14-10(13-11)8-3-5-9(12)6-4-8/h3-6H,7H2,1-2H3. The Morgan fingerprint density at radius 1 is 1.29 bits per heavy atom. The Morgan fingerprint density at radius 2 is 1.93 bits per heavy atom. The summed E-state index contributed by atoms with van der Waals surface area (Å²) in [4.78, 5) is 4.51. The molecule has 1 aromatic rings. The highest BCUT2D eigenvalue weighted by Crippen LogP contribution is 2.20. The number of nitrogens with zero attached hydrogens (tertiary/aromatic N) is 1. The quantitative estimate of drug-likeness (QED) is 0.731. The smallest absolute Gasteiger partial charge is 0.216 e. The van der Waals surface area contributed by atoms with Crippen molar-refractivity contribution in [2.45, 2.75) is 19.4 Å². The van der Waals surface area contributed by atoms with Crippen molar-refractivity contribution in [3.05, 3.63) is 33.4 Å². The van der Waals surface area contributed by atoms with Crippen LogP contribution in [0, 0.1) is 3.57 Å². The van der Waals surface area contributed by atoms with Crippen molar-refractivity contribution < 1.29 is 4.74 Å². The minimum Gasteiger partial charge on any atom is -0.475 e. The van der Waals surface area contributed by atoms with Gasteiger partial charge in [0.2, 0.25) is 5.90 Å². The molecule has 0 saturated heterocycles. The Hall–Kier alpha value is -0.580. The van der Waals surface area contributed by atoms with E-state index in [4.69, 9.17) is 4.74 Å². The second-order valence-corrected chi connectivity index (χ2v) is 5.27. The third-order valence-electron chi connectivity index (χ3n) is 2.06. The maximum absolute atomic E-state index is 5.54. The number of benzene rings is 1. The number of halogens is 1. The summed E-state index contributed by atoms with van der Waals surface area (Å²) in [6.45, 7) is 4.83. The SMILES string of the molecule is CC1(C)COC(c2ccc(I)cc2)=N1. The van der Waals surface area contributed by atoms with Gasteiger partial charge in [-0.15, -0.1) is 0 Å². The predicted molar refractivity (Wildman–Crippen MR) is 65.7 cm³/mol. The summed E-state index contributed by atoms with van der Waals surface area (Å²) in [5.41, 5.74) is 0.995. The van der Waals surface area contributed by atoms with E-state index in [1.807, 2.05) is 12.1 Å². The number of hydrogen-bond acceptors (Lipinski definition) is 2. The van der Waals surface area contributed by atoms with Crippen LogP contribution in [0.4, 0.5) is 0 Å². The molecule has 0 N–H and O–H groups in total. The van der Waals surface area contributed by atoms with E-state index in [1.54, 1.807) is 0 Å². The van der Waals surface area contributed by atoms with E-state index in [-0.39, 0.29) is 5.54 Å². The van der Waals surface area contributed by atoms with Crippen molar-refractivity contribution in [3.8, 4) is 0 Å². The van der Waals surface area contributed by atoms with Gasteiger partial charge < -0.3 is 4.74 Å². The third-order valence-corrected chi connectivity index (χ3v) is 2.78. The summed E-state index contributed by atoms with van der Waals surface area (Å²) in [5.74, 6) is 0.770. The maximum Gasteiger partial charge on any atom is 0.216 e. The van der Waals surface area contributed by atoms with Crippen LogP contribution >= 0.6 is 22.6 Å². The Bertz CT molecular complexity index is 367. The molecule has 74 valence electrons. The van der Waals surface area contributed by atoms with E-state index < -0.39 is 0 Å². The first kappa shape index (κ1) is 9.96. The topological polar surface area (TPSA) is 21.6 Å². The molecule has 0 unspecified atom stereocenters. The lowest BCUT2D eigenvalue weighted by molar-refractivity contribution is 0.279. The number of aliphatic imine (C=N–C) groups is 1. The second kappa shape index (κ2) is 3.53. The van der Waals surface area contributed by atoms with Crippen molar-refractivity contribution in [2.75, 3.05) is 6.61 Å². The molecular weight excluding hydrogens is 289 g/mol. The van der Waals surface area contributed by atoms with Crippen LogP contribution in [0.5, 0.6) is 0 Å². The van der Waals surface area contributed by atoms with Gasteiger partial charge in [-0.3, -0.25) is 0 Å². The van der Waals surface area contributed by atoms with Crippen LogP contribution in [-0.4, -0.2) is 18.0 Å². The molecule has 1 aliphatic heterocycles. The van der Waals surface area contributed by atoms with Crippen molar-refractivity contribution >= 4 is 28.5 Å². The highest BCUT2D eigenvalue weighted by Gasteiger charge is 2.26. The van der Waals surface area contributed by atoms with Gasteiger partial charge in [0.25, 0.3) is 0 Å². The minimum absolute atomic E-state index is 0.0711. The van der Waals surface area contributed by atoms with E-state index in [9.17, 15) is 0 Å². The summed E-state index contributed by atoms with van der Waals surface area (Å²) >= 11 is 2.29. The molecule has 0 spiro atoms.